The lowest BCUT2D eigenvalue weighted by Crippen LogP contribution is -2.59. The number of likely N-dealkylation sites (tertiary alicyclic amines) is 1. The number of piperazine rings is 2. The number of halogens is 1. The number of nitrogens with zero attached hydrogens (tertiary/aromatic N) is 8. The van der Waals surface area contributed by atoms with Gasteiger partial charge in [-0.2, -0.15) is 9.97 Å². The van der Waals surface area contributed by atoms with Gasteiger partial charge in [0.25, 0.3) is 0 Å². The zero-order valence-corrected chi connectivity index (χ0v) is 38.5. The van der Waals surface area contributed by atoms with Crippen LogP contribution in [0.4, 0.5) is 15.9 Å². The molecule has 2 amide bonds. The zero-order valence-electron chi connectivity index (χ0n) is 38.5. The van der Waals surface area contributed by atoms with Crippen molar-refractivity contribution >= 4 is 45.0 Å². The summed E-state index contributed by atoms with van der Waals surface area (Å²) in [5.41, 5.74) is 4.29. The first kappa shape index (κ1) is 42.8. The highest BCUT2D eigenvalue weighted by Gasteiger charge is 2.50. The highest BCUT2D eigenvalue weighted by atomic mass is 19.1. The maximum absolute atomic E-state index is 17.2. The second-order valence-electron chi connectivity index (χ2n) is 21.0. The van der Waals surface area contributed by atoms with Crippen LogP contribution in [-0.2, 0) is 16.0 Å². The minimum atomic E-state index is -0.529. The Morgan fingerprint density at radius 3 is 2.39 bits per heavy atom. The summed E-state index contributed by atoms with van der Waals surface area (Å²) >= 11 is 0. The molecule has 2 saturated carbocycles. The number of imide groups is 1. The first-order valence-electron chi connectivity index (χ1n) is 24.9. The van der Waals surface area contributed by atoms with Crippen molar-refractivity contribution in [1.82, 2.24) is 40.4 Å². The summed E-state index contributed by atoms with van der Waals surface area (Å²) in [6.45, 7) is 11.4. The Hall–Kier alpha value is -5.51. The number of pyridine rings is 2. The number of anilines is 2. The summed E-state index contributed by atoms with van der Waals surface area (Å²) in [6.07, 6.45) is 14.7. The Balaban J connectivity index is 0.684. The number of carbonyl (C=O) groups is 2. The number of phenols is 1. The maximum atomic E-state index is 17.2. The van der Waals surface area contributed by atoms with Crippen LogP contribution in [0.1, 0.15) is 88.3 Å². The Morgan fingerprint density at radius 1 is 0.881 bits per heavy atom. The summed E-state index contributed by atoms with van der Waals surface area (Å²) in [5.74, 6) is -0.593. The number of hydrogen-bond acceptors (Lipinski definition) is 13. The molecule has 7 fully saturated rings. The van der Waals surface area contributed by atoms with Gasteiger partial charge in [-0.1, -0.05) is 25.1 Å². The van der Waals surface area contributed by atoms with Crippen LogP contribution in [0.2, 0.25) is 0 Å². The molecular formula is C52H61FN10O4. The van der Waals surface area contributed by atoms with Crippen molar-refractivity contribution in [1.29, 1.82) is 0 Å². The molecule has 2 bridgehead atoms. The van der Waals surface area contributed by atoms with Crippen molar-refractivity contribution < 1.29 is 23.8 Å². The predicted octanol–water partition coefficient (Wildman–Crippen LogP) is 6.33. The molecule has 0 radical (unpaired) electrons. The Bertz CT molecular complexity index is 2710. The number of hydrogen-bond donors (Lipinski definition) is 3. The van der Waals surface area contributed by atoms with E-state index >= 15 is 4.39 Å². The second-order valence-corrected chi connectivity index (χ2v) is 21.0. The first-order chi connectivity index (χ1) is 32.6. The third kappa shape index (κ3) is 8.14. The molecule has 8 heterocycles. The average molecular weight is 909 g/mol. The van der Waals surface area contributed by atoms with Gasteiger partial charge >= 0.3 is 6.01 Å². The van der Waals surface area contributed by atoms with Gasteiger partial charge in [0.1, 0.15) is 22.8 Å². The number of rotatable bonds is 11. The molecule has 3 aromatic heterocycles. The fraction of sp³-hybridized carbons (Fsp3) is 0.538. The first-order valence-corrected chi connectivity index (χ1v) is 24.9. The summed E-state index contributed by atoms with van der Waals surface area (Å²) < 4.78 is 23.8. The Kier molecular flexibility index (Phi) is 10.8. The van der Waals surface area contributed by atoms with Gasteiger partial charge in [-0.15, -0.1) is 0 Å². The number of phenolic OH excluding ortho intramolecular Hbond substituents is 1. The highest BCUT2D eigenvalue weighted by Crippen LogP contribution is 2.53. The quantitative estimate of drug-likeness (QED) is 0.127. The van der Waals surface area contributed by atoms with E-state index in [2.05, 4.69) is 48.2 Å². The molecule has 7 aliphatic rings. The molecule has 5 aliphatic heterocycles. The molecule has 3 unspecified atom stereocenters. The Labute approximate surface area is 390 Å². The highest BCUT2D eigenvalue weighted by molar-refractivity contribution is 6.02. The van der Waals surface area contributed by atoms with Gasteiger partial charge in [0.2, 0.25) is 11.8 Å². The molecule has 1 spiro atoms. The third-order valence-electron chi connectivity index (χ3n) is 16.7. The van der Waals surface area contributed by atoms with E-state index in [1.165, 1.54) is 25.7 Å². The normalized spacial score (nSPS) is 25.2. The fourth-order valence-electron chi connectivity index (χ4n) is 12.6. The number of carbonyl (C=O) groups excluding carboxylic acids is 2. The largest absolute Gasteiger partial charge is 0.508 e. The van der Waals surface area contributed by atoms with Crippen LogP contribution in [0, 0.1) is 16.6 Å². The molecule has 5 aromatic rings. The van der Waals surface area contributed by atoms with Gasteiger partial charge in [-0.25, -0.2) is 4.39 Å². The van der Waals surface area contributed by atoms with E-state index in [0.29, 0.717) is 59.8 Å². The number of aromatic hydroxyl groups is 1. The van der Waals surface area contributed by atoms with Crippen LogP contribution < -0.4 is 25.2 Å². The van der Waals surface area contributed by atoms with Crippen molar-refractivity contribution in [2.45, 2.75) is 102 Å². The predicted molar refractivity (Wildman–Crippen MR) is 255 cm³/mol. The average Bonchev–Trinajstić information content (AvgIpc) is 4.02. The topological polar surface area (TPSA) is 152 Å². The molecule has 3 N–H and O–H groups in total. The molecule has 67 heavy (non-hydrogen) atoms. The number of nitrogens with one attached hydrogen (secondary N) is 2. The lowest BCUT2D eigenvalue weighted by atomic mass is 9.60. The van der Waals surface area contributed by atoms with Crippen molar-refractivity contribution in [3.8, 4) is 23.0 Å². The molecule has 5 saturated heterocycles. The summed E-state index contributed by atoms with van der Waals surface area (Å²) in [7, 11) is 0. The van der Waals surface area contributed by atoms with Crippen LogP contribution in [0.15, 0.2) is 54.9 Å². The summed E-state index contributed by atoms with van der Waals surface area (Å²) in [6, 6.07) is 14.9. The van der Waals surface area contributed by atoms with E-state index < -0.39 is 5.82 Å². The van der Waals surface area contributed by atoms with Gasteiger partial charge in [-0.3, -0.25) is 29.8 Å². The fourth-order valence-corrected chi connectivity index (χ4v) is 12.6. The van der Waals surface area contributed by atoms with Crippen molar-refractivity contribution in [3.05, 3.63) is 71.9 Å². The molecule has 3 atom stereocenters. The van der Waals surface area contributed by atoms with Crippen molar-refractivity contribution in [2.75, 3.05) is 75.3 Å². The van der Waals surface area contributed by atoms with E-state index in [4.69, 9.17) is 19.7 Å². The second kappa shape index (κ2) is 16.9. The summed E-state index contributed by atoms with van der Waals surface area (Å²) in [5, 5.41) is 19.2. The van der Waals surface area contributed by atoms with Crippen molar-refractivity contribution in [2.24, 2.45) is 10.8 Å². The number of ether oxygens (including phenoxy) is 1. The van der Waals surface area contributed by atoms with E-state index in [1.54, 1.807) is 18.3 Å². The van der Waals surface area contributed by atoms with Crippen LogP contribution in [-0.4, -0.2) is 130 Å². The number of aromatic nitrogens is 4. The van der Waals surface area contributed by atoms with Gasteiger partial charge in [0.15, 0.2) is 5.82 Å². The summed E-state index contributed by atoms with van der Waals surface area (Å²) in [4.78, 5) is 53.2. The molecule has 2 aliphatic carbocycles. The SMILES string of the molecule is CCc1cccc2cc(O)cc(-c3ncc4c(N5CC6CCC(C5)N6)nc(OCC5(CN6CCC7(CC6)CC(N6CCN(c8ccc(C9CCC(=O)NC9=O)nc8)CC6)C7)CC5)nc4c3F)c12. The van der Waals surface area contributed by atoms with Crippen molar-refractivity contribution in [3.63, 3.8) is 0 Å². The van der Waals surface area contributed by atoms with Crippen LogP contribution in [0.3, 0.4) is 0 Å². The maximum Gasteiger partial charge on any atom is 0.319 e. The van der Waals surface area contributed by atoms with E-state index in [-0.39, 0.29) is 46.1 Å². The van der Waals surface area contributed by atoms with Gasteiger partial charge in [-0.05, 0) is 123 Å². The molecule has 15 heteroatoms. The van der Waals surface area contributed by atoms with Gasteiger partial charge < -0.3 is 29.9 Å². The molecule has 350 valence electrons. The number of piperidine rings is 2. The van der Waals surface area contributed by atoms with E-state index in [9.17, 15) is 14.7 Å². The van der Waals surface area contributed by atoms with Gasteiger partial charge in [0.05, 0.1) is 35.5 Å². The monoisotopic (exact) mass is 908 g/mol. The number of fused-ring (bicyclic) bond motifs is 4. The molecule has 12 rings (SSSR count). The third-order valence-corrected chi connectivity index (χ3v) is 16.7. The number of benzene rings is 2. The molecular weight excluding hydrogens is 848 g/mol. The van der Waals surface area contributed by atoms with E-state index in [0.717, 1.165) is 119 Å². The smallest absolute Gasteiger partial charge is 0.319 e. The minimum Gasteiger partial charge on any atom is -0.508 e. The molecule has 14 nitrogen and oxygen atoms in total. The zero-order chi connectivity index (χ0) is 45.4. The van der Waals surface area contributed by atoms with Crippen LogP contribution in [0.25, 0.3) is 32.9 Å². The standard InChI is InChI=1S/C52H61FN10O4/c1-2-32-4-3-5-33-22-38(64)23-40(44(32)33)46-45(53)47-41(27-55-46)48(63-28-34-6-7-35(29-63)56-34)59-50(58-47)67-31-52(12-13-52)30-60-16-14-51(15-17-60)24-37(25-51)62-20-18-61(19-21-62)36-8-10-42(54-26-36)39-9-11-43(65)57-49(39)66/h3-5,8,10,22-23,26-27,34-35,37,39,56,64H,2,6-7,9,11-21,24-25,28-31H2,1H3,(H,57,65,66). The number of aryl methyl sites for hydroxylation is 1. The Morgan fingerprint density at radius 2 is 1.67 bits per heavy atom. The van der Waals surface area contributed by atoms with E-state index in [1.807, 2.05) is 30.5 Å². The number of amides is 2. The van der Waals surface area contributed by atoms with Crippen LogP contribution in [0.5, 0.6) is 11.8 Å². The minimum absolute atomic E-state index is 0.0404. The van der Waals surface area contributed by atoms with Crippen LogP contribution >= 0.6 is 0 Å². The molecule has 2 aromatic carbocycles. The lowest BCUT2D eigenvalue weighted by molar-refractivity contribution is -0.134. The van der Waals surface area contributed by atoms with Gasteiger partial charge in [0, 0.05) is 87.5 Å². The lowest BCUT2D eigenvalue weighted by Gasteiger charge is -2.56.